The summed E-state index contributed by atoms with van der Waals surface area (Å²) in [6.07, 6.45) is 8.21. The monoisotopic (exact) mass is 1030 g/mol. The molecule has 2 aromatic heterocycles. The first kappa shape index (κ1) is 53.1. The summed E-state index contributed by atoms with van der Waals surface area (Å²) in [5.41, 5.74) is 9.74. The van der Waals surface area contributed by atoms with E-state index in [2.05, 4.69) is 76.7 Å². The molecule has 0 radical (unpaired) electrons. The molecule has 398 valence electrons. The molecule has 10 rings (SSSR count). The summed E-state index contributed by atoms with van der Waals surface area (Å²) in [7, 11) is 3.36. The van der Waals surface area contributed by atoms with E-state index < -0.39 is 40.6 Å². The number of methoxy groups -OCH3 is 2. The van der Waals surface area contributed by atoms with Crippen molar-refractivity contribution < 1.29 is 47.6 Å². The van der Waals surface area contributed by atoms with Crippen LogP contribution in [0, 0.1) is 0 Å². The largest absolute Gasteiger partial charge is 0.371 e. The molecule has 4 aliphatic rings. The highest BCUT2D eigenvalue weighted by Crippen LogP contribution is 2.43. The van der Waals surface area contributed by atoms with Gasteiger partial charge in [0.15, 0.2) is 17.4 Å². The second-order valence-corrected chi connectivity index (χ2v) is 22.1. The Morgan fingerprint density at radius 2 is 1.05 bits per heavy atom. The Morgan fingerprint density at radius 3 is 1.46 bits per heavy atom. The van der Waals surface area contributed by atoms with Crippen molar-refractivity contribution in [3.8, 4) is 0 Å². The summed E-state index contributed by atoms with van der Waals surface area (Å²) in [5, 5.41) is 8.43. The van der Waals surface area contributed by atoms with E-state index in [-0.39, 0.29) is 23.8 Å². The summed E-state index contributed by atoms with van der Waals surface area (Å²) in [6.45, 7) is 23.4. The summed E-state index contributed by atoms with van der Waals surface area (Å²) < 4.78 is 41.1. The zero-order valence-electron chi connectivity index (χ0n) is 46.2. The van der Waals surface area contributed by atoms with Crippen LogP contribution in [0.15, 0.2) is 125 Å². The molecule has 6 atom stereocenters. The van der Waals surface area contributed by atoms with Gasteiger partial charge in [-0.2, -0.15) is 0 Å². The molecule has 13 heteroatoms. The highest BCUT2D eigenvalue weighted by molar-refractivity contribution is 6.19. The number of ether oxygens (including phenoxy) is 6. The molecule has 2 aliphatic carbocycles. The number of nitrogens with zero attached hydrogens (tertiary/aromatic N) is 3. The van der Waals surface area contributed by atoms with Gasteiger partial charge in [0.2, 0.25) is 0 Å². The van der Waals surface area contributed by atoms with Crippen molar-refractivity contribution >= 4 is 66.9 Å². The van der Waals surface area contributed by atoms with Crippen LogP contribution in [0.3, 0.4) is 0 Å². The number of Topliss-reactive ketones (excluding diaryl/α,β-unsaturated/α-hetero) is 2. The predicted molar refractivity (Wildman–Crippen MR) is 297 cm³/mol. The van der Waals surface area contributed by atoms with Crippen molar-refractivity contribution in [1.82, 2.24) is 9.13 Å². The number of rotatable bonds is 15. The molecule has 4 heterocycles. The van der Waals surface area contributed by atoms with Crippen LogP contribution in [0.5, 0.6) is 0 Å². The zero-order valence-corrected chi connectivity index (χ0v) is 46.2. The number of hydrogen-bond acceptors (Lipinski definition) is 11. The maximum atomic E-state index is 14.8. The SMILES string of the molecule is CCn1c2ccc(C(=O)C3=C(C)CC(OC)(C4COC(C)(C)O4)C=C3)cc2c2cc(C(C)C(=O)C(C)c3ccc4c(c3)c3cc(C(=NOC(C)=O)C5=C(C)CC(OC)(C6COC(C)(C)O6)C=C5)ccc3n4CC)ccc21. The Bertz CT molecular complexity index is 3530. The van der Waals surface area contributed by atoms with Crippen molar-refractivity contribution in [2.24, 2.45) is 5.16 Å². The number of aromatic nitrogens is 2. The molecule has 0 saturated carbocycles. The number of ketones is 2. The van der Waals surface area contributed by atoms with E-state index in [9.17, 15) is 14.4 Å². The molecule has 0 N–H and O–H groups in total. The van der Waals surface area contributed by atoms with Gasteiger partial charge in [0, 0.05) is 125 Å². The minimum Gasteiger partial charge on any atom is -0.371 e. The quantitative estimate of drug-likeness (QED) is 0.0423. The maximum Gasteiger partial charge on any atom is 0.332 e. The summed E-state index contributed by atoms with van der Waals surface area (Å²) in [4.78, 5) is 46.8. The average Bonchev–Trinajstić information content (AvgIpc) is 4.23. The van der Waals surface area contributed by atoms with Crippen molar-refractivity contribution in [1.29, 1.82) is 0 Å². The van der Waals surface area contributed by atoms with Crippen LogP contribution in [0.25, 0.3) is 43.6 Å². The fourth-order valence-electron chi connectivity index (χ4n) is 12.2. The van der Waals surface area contributed by atoms with Crippen molar-refractivity contribution in [2.75, 3.05) is 27.4 Å². The first-order valence-corrected chi connectivity index (χ1v) is 26.6. The number of hydrogen-bond donors (Lipinski definition) is 0. The average molecular weight is 1030 g/mol. The van der Waals surface area contributed by atoms with Gasteiger partial charge in [0.1, 0.15) is 34.9 Å². The van der Waals surface area contributed by atoms with Gasteiger partial charge in [-0.1, -0.05) is 60.5 Å². The van der Waals surface area contributed by atoms with E-state index in [0.29, 0.717) is 42.9 Å². The maximum absolute atomic E-state index is 14.8. The van der Waals surface area contributed by atoms with Crippen LogP contribution in [0.4, 0.5) is 0 Å². The lowest BCUT2D eigenvalue weighted by molar-refractivity contribution is -0.166. The van der Waals surface area contributed by atoms with E-state index in [1.807, 2.05) is 104 Å². The van der Waals surface area contributed by atoms with Gasteiger partial charge in [0.05, 0.1) is 13.2 Å². The number of fused-ring (bicyclic) bond motifs is 6. The highest BCUT2D eigenvalue weighted by atomic mass is 16.8. The Hall–Kier alpha value is -6.32. The van der Waals surface area contributed by atoms with Crippen molar-refractivity contribution in [2.45, 2.75) is 149 Å². The lowest BCUT2D eigenvalue weighted by atomic mass is 9.80. The fourth-order valence-corrected chi connectivity index (χ4v) is 12.2. The fraction of sp³-hybridized carbons (Fsp3) is 0.429. The Balaban J connectivity index is 0.946. The van der Waals surface area contributed by atoms with Crippen LogP contribution in [0.2, 0.25) is 0 Å². The highest BCUT2D eigenvalue weighted by Gasteiger charge is 2.49. The molecule has 6 aromatic rings. The van der Waals surface area contributed by atoms with E-state index in [0.717, 1.165) is 90.1 Å². The topological polar surface area (TPSA) is 138 Å². The summed E-state index contributed by atoms with van der Waals surface area (Å²) >= 11 is 0. The van der Waals surface area contributed by atoms with Crippen LogP contribution in [-0.2, 0) is 55.9 Å². The molecule has 76 heavy (non-hydrogen) atoms. The number of benzene rings is 4. The van der Waals surface area contributed by atoms with Gasteiger partial charge in [-0.3, -0.25) is 9.59 Å². The van der Waals surface area contributed by atoms with Gasteiger partial charge in [-0.25, -0.2) is 4.79 Å². The number of aryl methyl sites for hydroxylation is 2. The van der Waals surface area contributed by atoms with Crippen LogP contribution in [0.1, 0.15) is 128 Å². The van der Waals surface area contributed by atoms with Gasteiger partial charge in [-0.05, 0) is 133 Å². The minimum absolute atomic E-state index is 0.0562. The van der Waals surface area contributed by atoms with Gasteiger partial charge < -0.3 is 42.4 Å². The Labute approximate surface area is 445 Å². The molecule has 0 bridgehead atoms. The van der Waals surface area contributed by atoms with E-state index in [1.54, 1.807) is 14.2 Å². The van der Waals surface area contributed by atoms with Crippen molar-refractivity contribution in [3.05, 3.63) is 142 Å². The smallest absolute Gasteiger partial charge is 0.332 e. The summed E-state index contributed by atoms with van der Waals surface area (Å²) in [6, 6.07) is 24.8. The van der Waals surface area contributed by atoms with Gasteiger partial charge in [-0.15, -0.1) is 0 Å². The lowest BCUT2D eigenvalue weighted by Gasteiger charge is -2.37. The first-order valence-electron chi connectivity index (χ1n) is 26.6. The number of carbonyl (C=O) groups is 3. The number of carbonyl (C=O) groups excluding carboxylic acids is 3. The molecule has 2 saturated heterocycles. The zero-order chi connectivity index (χ0) is 54.2. The Kier molecular flexibility index (Phi) is 13.9. The molecular formula is C63H71N3O10. The molecule has 6 unspecified atom stereocenters. The lowest BCUT2D eigenvalue weighted by Crippen LogP contribution is -2.46. The third-order valence-electron chi connectivity index (χ3n) is 16.5. The van der Waals surface area contributed by atoms with E-state index in [4.69, 9.17) is 33.3 Å². The molecule has 0 amide bonds. The molecule has 4 aromatic carbocycles. The third-order valence-corrected chi connectivity index (χ3v) is 16.5. The Morgan fingerprint density at radius 1 is 0.632 bits per heavy atom. The minimum atomic E-state index is -0.756. The first-order chi connectivity index (χ1) is 36.2. The van der Waals surface area contributed by atoms with Crippen LogP contribution >= 0.6 is 0 Å². The third kappa shape index (κ3) is 9.22. The number of allylic oxidation sites excluding steroid dienone is 4. The molecular weight excluding hydrogens is 959 g/mol. The van der Waals surface area contributed by atoms with E-state index in [1.165, 1.54) is 6.92 Å². The molecule has 2 aliphatic heterocycles. The van der Waals surface area contributed by atoms with Crippen LogP contribution < -0.4 is 0 Å². The second kappa shape index (κ2) is 19.9. The molecule has 2 fully saturated rings. The predicted octanol–water partition coefficient (Wildman–Crippen LogP) is 12.5. The van der Waals surface area contributed by atoms with E-state index >= 15 is 0 Å². The van der Waals surface area contributed by atoms with Gasteiger partial charge >= 0.3 is 5.97 Å². The second-order valence-electron chi connectivity index (χ2n) is 22.1. The molecule has 13 nitrogen and oxygen atoms in total. The van der Waals surface area contributed by atoms with Crippen LogP contribution in [-0.4, -0.2) is 94.8 Å². The summed E-state index contributed by atoms with van der Waals surface area (Å²) in [5.74, 6) is -2.78. The number of oxime groups is 1. The van der Waals surface area contributed by atoms with Crippen molar-refractivity contribution in [3.63, 3.8) is 0 Å². The molecule has 0 spiro atoms. The van der Waals surface area contributed by atoms with Gasteiger partial charge in [0.25, 0.3) is 0 Å². The standard InChI is InChI=1S/C63H71N3O10/c1-14-65-51-20-16-41(28-47(51)49-30-43(18-22-53(49)65)57(64-76-40(7)67)45-24-26-62(70-12,32-36(45)3)55-34-72-60(8,9)74-55)38(5)58(68)39(6)42-17-21-52-48(29-42)50-31-44(19-23-54(50)66(52)15-2)59(69)46-25-27-63(71-13,33-37(46)4)56-35-73-61(10,11)75-56/h16-31,38-39,55-56H,14-15,32-35H2,1-13H3. The normalized spacial score (nSPS) is 24.4.